The molecule has 6 nitrogen and oxygen atoms in total. The van der Waals surface area contributed by atoms with Crippen LogP contribution in [0.2, 0.25) is 0 Å². The lowest BCUT2D eigenvalue weighted by Crippen LogP contribution is -2.50. The van der Waals surface area contributed by atoms with Crippen LogP contribution in [0.25, 0.3) is 6.08 Å². The summed E-state index contributed by atoms with van der Waals surface area (Å²) < 4.78 is 27.1. The summed E-state index contributed by atoms with van der Waals surface area (Å²) in [7, 11) is -3.76. The van der Waals surface area contributed by atoms with E-state index in [1.807, 2.05) is 30.3 Å². The van der Waals surface area contributed by atoms with Gasteiger partial charge in [-0.25, -0.2) is 8.42 Å². The van der Waals surface area contributed by atoms with Gasteiger partial charge in [-0.05, 0) is 35.8 Å². The van der Waals surface area contributed by atoms with Crippen molar-refractivity contribution in [3.8, 4) is 6.07 Å². The maximum Gasteiger partial charge on any atom is 0.246 e. The number of amides is 1. The molecule has 0 spiro atoms. The van der Waals surface area contributed by atoms with Crippen molar-refractivity contribution in [1.82, 2.24) is 9.21 Å². The standard InChI is InChI=1S/C22H23N3O3S/c1-2-18-7-9-19(10-8-18)11-12-22(26)24-13-15-25(16-14-24)29(27,28)21-6-4-3-5-20(21)17-23/h3-12H,2,13-16H2,1H3/b12-11+. The van der Waals surface area contributed by atoms with Gasteiger partial charge in [-0.3, -0.25) is 4.79 Å². The molecule has 2 aromatic carbocycles. The van der Waals surface area contributed by atoms with Crippen LogP contribution >= 0.6 is 0 Å². The molecule has 1 amide bonds. The SMILES string of the molecule is CCc1ccc(/C=C/C(=O)N2CCN(S(=O)(=O)c3ccccc3C#N)CC2)cc1. The molecule has 1 saturated heterocycles. The summed E-state index contributed by atoms with van der Waals surface area (Å²) in [6, 6.07) is 16.1. The predicted molar refractivity (Wildman–Crippen MR) is 111 cm³/mol. The van der Waals surface area contributed by atoms with E-state index < -0.39 is 10.0 Å². The third-order valence-electron chi connectivity index (χ3n) is 4.98. The highest BCUT2D eigenvalue weighted by atomic mass is 32.2. The van der Waals surface area contributed by atoms with E-state index in [4.69, 9.17) is 0 Å². The second-order valence-corrected chi connectivity index (χ2v) is 8.67. The number of sulfonamides is 1. The first-order valence-electron chi connectivity index (χ1n) is 9.51. The zero-order valence-electron chi connectivity index (χ0n) is 16.3. The Hall–Kier alpha value is -2.95. The van der Waals surface area contributed by atoms with Crippen LogP contribution in [0.1, 0.15) is 23.6 Å². The van der Waals surface area contributed by atoms with Crippen molar-refractivity contribution in [3.05, 3.63) is 71.3 Å². The minimum absolute atomic E-state index is 0.0118. The molecule has 29 heavy (non-hydrogen) atoms. The van der Waals surface area contributed by atoms with Gasteiger partial charge in [0.15, 0.2) is 0 Å². The molecule has 2 aromatic rings. The maximum absolute atomic E-state index is 12.9. The quantitative estimate of drug-likeness (QED) is 0.711. The van der Waals surface area contributed by atoms with E-state index >= 15 is 0 Å². The molecule has 3 rings (SSSR count). The molecule has 0 unspecified atom stereocenters. The van der Waals surface area contributed by atoms with Crippen molar-refractivity contribution in [2.24, 2.45) is 0 Å². The monoisotopic (exact) mass is 409 g/mol. The average Bonchev–Trinajstić information content (AvgIpc) is 2.77. The third kappa shape index (κ3) is 4.73. The molecule has 0 radical (unpaired) electrons. The van der Waals surface area contributed by atoms with Crippen molar-refractivity contribution >= 4 is 22.0 Å². The second kappa shape index (κ2) is 9.03. The molecular weight excluding hydrogens is 386 g/mol. The van der Waals surface area contributed by atoms with Gasteiger partial charge in [-0.1, -0.05) is 43.3 Å². The molecule has 0 bridgehead atoms. The van der Waals surface area contributed by atoms with Gasteiger partial charge >= 0.3 is 0 Å². The average molecular weight is 410 g/mol. The fourth-order valence-corrected chi connectivity index (χ4v) is 4.77. The molecule has 1 heterocycles. The molecule has 150 valence electrons. The highest BCUT2D eigenvalue weighted by molar-refractivity contribution is 7.89. The van der Waals surface area contributed by atoms with Gasteiger partial charge < -0.3 is 4.90 Å². The lowest BCUT2D eigenvalue weighted by Gasteiger charge is -2.33. The maximum atomic E-state index is 12.9. The van der Waals surface area contributed by atoms with Crippen LogP contribution < -0.4 is 0 Å². The zero-order chi connectivity index (χ0) is 20.9. The lowest BCUT2D eigenvalue weighted by atomic mass is 10.1. The zero-order valence-corrected chi connectivity index (χ0v) is 17.1. The van der Waals surface area contributed by atoms with E-state index in [1.165, 1.54) is 28.1 Å². The first-order chi connectivity index (χ1) is 14.0. The van der Waals surface area contributed by atoms with Gasteiger partial charge in [-0.2, -0.15) is 9.57 Å². The van der Waals surface area contributed by atoms with Crippen molar-refractivity contribution < 1.29 is 13.2 Å². The first kappa shape index (κ1) is 20.8. The number of carbonyl (C=O) groups is 1. The Morgan fingerprint density at radius 1 is 1.07 bits per heavy atom. The molecule has 0 atom stereocenters. The first-order valence-corrected chi connectivity index (χ1v) is 10.9. The molecule has 0 aliphatic carbocycles. The highest BCUT2D eigenvalue weighted by Gasteiger charge is 2.31. The third-order valence-corrected chi connectivity index (χ3v) is 6.94. The molecule has 1 aliphatic rings. The van der Waals surface area contributed by atoms with Gasteiger partial charge in [0.25, 0.3) is 0 Å². The fourth-order valence-electron chi connectivity index (χ4n) is 3.21. The Morgan fingerprint density at radius 3 is 2.34 bits per heavy atom. The number of hydrogen-bond donors (Lipinski definition) is 0. The summed E-state index contributed by atoms with van der Waals surface area (Å²) in [6.07, 6.45) is 4.26. The molecule has 7 heteroatoms. The second-order valence-electron chi connectivity index (χ2n) is 6.77. The number of carbonyl (C=O) groups excluding carboxylic acids is 1. The van der Waals surface area contributed by atoms with Gasteiger partial charge in [0.05, 0.1) is 10.5 Å². The summed E-state index contributed by atoms with van der Waals surface area (Å²) in [6.45, 7) is 3.12. The van der Waals surface area contributed by atoms with Gasteiger partial charge in [0.2, 0.25) is 15.9 Å². The van der Waals surface area contributed by atoms with E-state index in [9.17, 15) is 18.5 Å². The lowest BCUT2D eigenvalue weighted by molar-refractivity contribution is -0.127. The predicted octanol–water partition coefficient (Wildman–Crippen LogP) is 2.67. The topological polar surface area (TPSA) is 81.5 Å². The van der Waals surface area contributed by atoms with Crippen LogP contribution in [0.15, 0.2) is 59.5 Å². The van der Waals surface area contributed by atoms with Crippen LogP contribution in [-0.2, 0) is 21.2 Å². The number of benzene rings is 2. The van der Waals surface area contributed by atoms with Crippen LogP contribution in [0, 0.1) is 11.3 Å². The number of hydrogen-bond acceptors (Lipinski definition) is 4. The van der Waals surface area contributed by atoms with E-state index in [2.05, 4.69) is 6.92 Å². The molecule has 0 saturated carbocycles. The molecular formula is C22H23N3O3S. The normalized spacial score (nSPS) is 15.4. The molecule has 0 aromatic heterocycles. The number of rotatable bonds is 5. The van der Waals surface area contributed by atoms with E-state index in [-0.39, 0.29) is 29.5 Å². The van der Waals surface area contributed by atoms with Gasteiger partial charge in [-0.15, -0.1) is 0 Å². The molecule has 1 fully saturated rings. The Bertz CT molecular complexity index is 1050. The highest BCUT2D eigenvalue weighted by Crippen LogP contribution is 2.21. The number of nitriles is 1. The Balaban J connectivity index is 1.63. The van der Waals surface area contributed by atoms with E-state index in [1.54, 1.807) is 23.1 Å². The van der Waals surface area contributed by atoms with Crippen molar-refractivity contribution in [2.45, 2.75) is 18.2 Å². The molecule has 1 aliphatic heterocycles. The number of piperazine rings is 1. The van der Waals surface area contributed by atoms with Crippen molar-refractivity contribution in [3.63, 3.8) is 0 Å². The minimum Gasteiger partial charge on any atom is -0.337 e. The number of nitrogens with zero attached hydrogens (tertiary/aromatic N) is 3. The fraction of sp³-hybridized carbons (Fsp3) is 0.273. The summed E-state index contributed by atoms with van der Waals surface area (Å²) in [5.74, 6) is -0.140. The van der Waals surface area contributed by atoms with Crippen LogP contribution in [0.3, 0.4) is 0 Å². The molecule has 0 N–H and O–H groups in total. The van der Waals surface area contributed by atoms with Crippen molar-refractivity contribution in [2.75, 3.05) is 26.2 Å². The van der Waals surface area contributed by atoms with Gasteiger partial charge in [0, 0.05) is 32.3 Å². The van der Waals surface area contributed by atoms with E-state index in [0.29, 0.717) is 13.1 Å². The van der Waals surface area contributed by atoms with E-state index in [0.717, 1.165) is 12.0 Å². The van der Waals surface area contributed by atoms with Crippen LogP contribution in [0.5, 0.6) is 0 Å². The Kier molecular flexibility index (Phi) is 6.47. The summed E-state index contributed by atoms with van der Waals surface area (Å²) in [5, 5.41) is 9.18. The number of aryl methyl sites for hydroxylation is 1. The van der Waals surface area contributed by atoms with Gasteiger partial charge in [0.1, 0.15) is 6.07 Å². The van der Waals surface area contributed by atoms with Crippen LogP contribution in [0.4, 0.5) is 0 Å². The van der Waals surface area contributed by atoms with Crippen LogP contribution in [-0.4, -0.2) is 49.7 Å². The minimum atomic E-state index is -3.76. The Morgan fingerprint density at radius 2 is 1.72 bits per heavy atom. The Labute approximate surface area is 171 Å². The summed E-state index contributed by atoms with van der Waals surface area (Å²) >= 11 is 0. The van der Waals surface area contributed by atoms with Crippen molar-refractivity contribution in [1.29, 1.82) is 5.26 Å². The smallest absolute Gasteiger partial charge is 0.246 e. The summed E-state index contributed by atoms with van der Waals surface area (Å²) in [4.78, 5) is 14.1. The summed E-state index contributed by atoms with van der Waals surface area (Å²) in [5.41, 5.74) is 2.32. The largest absolute Gasteiger partial charge is 0.337 e.